The van der Waals surface area contributed by atoms with E-state index in [0.717, 1.165) is 17.2 Å². The van der Waals surface area contributed by atoms with Gasteiger partial charge in [-0.3, -0.25) is 24.5 Å². The van der Waals surface area contributed by atoms with Crippen molar-refractivity contribution in [2.75, 3.05) is 13.1 Å². The lowest BCUT2D eigenvalue weighted by molar-refractivity contribution is -0.385. The normalized spacial score (nSPS) is 9.80. The summed E-state index contributed by atoms with van der Waals surface area (Å²) in [6, 6.07) is 0.805. The van der Waals surface area contributed by atoms with Crippen LogP contribution in [-0.4, -0.2) is 44.9 Å². The van der Waals surface area contributed by atoms with Gasteiger partial charge in [0.2, 0.25) is 0 Å². The smallest absolute Gasteiger partial charge is 0.323 e. The molecular weight excluding hydrogens is 270 g/mol. The third-order valence-electron chi connectivity index (χ3n) is 2.29. The summed E-state index contributed by atoms with van der Waals surface area (Å²) in [6.45, 7) is 2.62. The topological polar surface area (TPSA) is 134 Å². The Morgan fingerprint density at radius 3 is 2.70 bits per heavy atom. The van der Waals surface area contributed by atoms with Gasteiger partial charge in [-0.25, -0.2) is 0 Å². The van der Waals surface area contributed by atoms with Gasteiger partial charge in [0.05, 0.1) is 11.1 Å². The summed E-state index contributed by atoms with van der Waals surface area (Å²) < 4.78 is 0. The maximum absolute atomic E-state index is 12.0. The summed E-state index contributed by atoms with van der Waals surface area (Å²) >= 11 is 0. The van der Waals surface area contributed by atoms with Crippen molar-refractivity contribution in [2.45, 2.75) is 0 Å². The predicted octanol–water partition coefficient (Wildman–Crippen LogP) is -0.00410. The molecule has 1 aromatic rings. The molecular formula is C11H11N3O6. The van der Waals surface area contributed by atoms with Crippen LogP contribution in [0.1, 0.15) is 10.4 Å². The zero-order valence-electron chi connectivity index (χ0n) is 10.2. The van der Waals surface area contributed by atoms with Gasteiger partial charge in [0.25, 0.3) is 17.2 Å². The van der Waals surface area contributed by atoms with Gasteiger partial charge in [0.1, 0.15) is 12.1 Å². The van der Waals surface area contributed by atoms with Crippen molar-refractivity contribution < 1.29 is 19.6 Å². The minimum absolute atomic E-state index is 0.104. The highest BCUT2D eigenvalue weighted by Gasteiger charge is 2.22. The molecule has 0 saturated carbocycles. The highest BCUT2D eigenvalue weighted by molar-refractivity contribution is 5.96. The van der Waals surface area contributed by atoms with E-state index in [1.807, 2.05) is 0 Å². The molecule has 1 aromatic heterocycles. The second-order valence-electron chi connectivity index (χ2n) is 3.73. The van der Waals surface area contributed by atoms with Crippen LogP contribution < -0.4 is 5.56 Å². The molecule has 9 nitrogen and oxygen atoms in total. The van der Waals surface area contributed by atoms with E-state index in [1.165, 1.54) is 6.08 Å². The molecule has 0 saturated heterocycles. The number of carboxylic acids is 1. The van der Waals surface area contributed by atoms with Gasteiger partial charge in [-0.1, -0.05) is 6.08 Å². The number of amides is 1. The average molecular weight is 281 g/mol. The molecule has 20 heavy (non-hydrogen) atoms. The number of nitrogens with zero attached hydrogens (tertiary/aromatic N) is 2. The summed E-state index contributed by atoms with van der Waals surface area (Å²) in [5.74, 6) is -2.20. The van der Waals surface area contributed by atoms with Crippen molar-refractivity contribution in [3.63, 3.8) is 0 Å². The molecule has 0 aromatic carbocycles. The third-order valence-corrected chi connectivity index (χ3v) is 2.29. The lowest BCUT2D eigenvalue weighted by Crippen LogP contribution is -2.38. The molecule has 0 radical (unpaired) electrons. The number of nitrogens with one attached hydrogen (secondary N) is 1. The van der Waals surface area contributed by atoms with Crippen LogP contribution in [0.5, 0.6) is 0 Å². The summed E-state index contributed by atoms with van der Waals surface area (Å²) in [5.41, 5.74) is -1.80. The van der Waals surface area contributed by atoms with Gasteiger partial charge in [0, 0.05) is 12.6 Å². The van der Waals surface area contributed by atoms with Gasteiger partial charge < -0.3 is 15.0 Å². The van der Waals surface area contributed by atoms with E-state index >= 15 is 0 Å². The second-order valence-corrected chi connectivity index (χ2v) is 3.73. The van der Waals surface area contributed by atoms with E-state index in [0.29, 0.717) is 0 Å². The average Bonchev–Trinajstić information content (AvgIpc) is 2.37. The molecule has 0 atom stereocenters. The summed E-state index contributed by atoms with van der Waals surface area (Å²) in [6.07, 6.45) is 2.14. The van der Waals surface area contributed by atoms with Crippen molar-refractivity contribution in [2.24, 2.45) is 0 Å². The molecule has 0 fully saturated rings. The number of rotatable bonds is 6. The van der Waals surface area contributed by atoms with Crippen LogP contribution in [0.25, 0.3) is 0 Å². The van der Waals surface area contributed by atoms with E-state index in [4.69, 9.17) is 5.11 Å². The highest BCUT2D eigenvalue weighted by Crippen LogP contribution is 2.10. The largest absolute Gasteiger partial charge is 0.480 e. The molecule has 1 heterocycles. The van der Waals surface area contributed by atoms with Crippen LogP contribution in [0, 0.1) is 10.1 Å². The van der Waals surface area contributed by atoms with E-state index in [9.17, 15) is 24.5 Å². The molecule has 0 bridgehead atoms. The van der Waals surface area contributed by atoms with E-state index in [1.54, 1.807) is 0 Å². The fourth-order valence-corrected chi connectivity index (χ4v) is 1.45. The van der Waals surface area contributed by atoms with Crippen molar-refractivity contribution in [1.82, 2.24) is 9.88 Å². The Kier molecular flexibility index (Phi) is 4.73. The molecule has 9 heteroatoms. The number of hydrogen-bond acceptors (Lipinski definition) is 5. The quantitative estimate of drug-likeness (QED) is 0.428. The minimum atomic E-state index is -1.28. The number of carboxylic acid groups (broad SMARTS) is 1. The first-order valence-electron chi connectivity index (χ1n) is 5.36. The first kappa shape index (κ1) is 15.1. The fraction of sp³-hybridized carbons (Fsp3) is 0.182. The second kappa shape index (κ2) is 6.27. The number of nitro groups is 1. The molecule has 0 unspecified atom stereocenters. The van der Waals surface area contributed by atoms with E-state index in [2.05, 4.69) is 11.6 Å². The van der Waals surface area contributed by atoms with Gasteiger partial charge >= 0.3 is 5.97 Å². The highest BCUT2D eigenvalue weighted by atomic mass is 16.6. The maximum atomic E-state index is 12.0. The van der Waals surface area contributed by atoms with Crippen LogP contribution in [0.2, 0.25) is 0 Å². The van der Waals surface area contributed by atoms with Crippen LogP contribution in [0.15, 0.2) is 29.7 Å². The number of hydrogen-bond donors (Lipinski definition) is 2. The molecule has 0 spiro atoms. The molecule has 1 rings (SSSR count). The Hall–Kier alpha value is -2.97. The number of aliphatic carboxylic acids is 1. The van der Waals surface area contributed by atoms with Gasteiger partial charge in [-0.15, -0.1) is 6.58 Å². The van der Waals surface area contributed by atoms with E-state index in [-0.39, 0.29) is 6.54 Å². The molecule has 0 aliphatic rings. The van der Waals surface area contributed by atoms with Gasteiger partial charge in [-0.2, -0.15) is 0 Å². The Balaban J connectivity index is 3.19. The number of carbonyl (C=O) groups excluding carboxylic acids is 1. The standard InChI is InChI=1S/C11H11N3O6/c1-2-3-13(6-9(15)16)11(18)8-4-7(14(19)20)5-12-10(8)17/h2,4-5H,1,3,6H2,(H,12,17)(H,15,16). The van der Waals surface area contributed by atoms with Crippen molar-refractivity contribution in [1.29, 1.82) is 0 Å². The summed E-state index contributed by atoms with van der Waals surface area (Å²) in [4.78, 5) is 47.0. The van der Waals surface area contributed by atoms with Crippen molar-refractivity contribution in [3.8, 4) is 0 Å². The maximum Gasteiger partial charge on any atom is 0.323 e. The lowest BCUT2D eigenvalue weighted by Gasteiger charge is -2.18. The Bertz CT molecular complexity index is 621. The lowest BCUT2D eigenvalue weighted by atomic mass is 10.2. The summed E-state index contributed by atoms with van der Waals surface area (Å²) in [7, 11) is 0. The van der Waals surface area contributed by atoms with Crippen molar-refractivity contribution in [3.05, 3.63) is 50.9 Å². The monoisotopic (exact) mass is 281 g/mol. The van der Waals surface area contributed by atoms with Crippen LogP contribution in [-0.2, 0) is 4.79 Å². The zero-order valence-corrected chi connectivity index (χ0v) is 10.2. The van der Waals surface area contributed by atoms with Gasteiger partial charge in [0.15, 0.2) is 0 Å². The van der Waals surface area contributed by atoms with Crippen LogP contribution in [0.4, 0.5) is 5.69 Å². The van der Waals surface area contributed by atoms with Crippen molar-refractivity contribution >= 4 is 17.6 Å². The summed E-state index contributed by atoms with van der Waals surface area (Å²) in [5, 5.41) is 19.3. The number of pyridine rings is 1. The molecule has 1 amide bonds. The predicted molar refractivity (Wildman–Crippen MR) is 67.5 cm³/mol. The third kappa shape index (κ3) is 3.51. The molecule has 0 aliphatic heterocycles. The van der Waals surface area contributed by atoms with E-state index < -0.39 is 40.2 Å². The van der Waals surface area contributed by atoms with Gasteiger partial charge in [-0.05, 0) is 0 Å². The van der Waals surface area contributed by atoms with Crippen LogP contribution in [0.3, 0.4) is 0 Å². The Labute approximate surface area is 112 Å². The first-order chi connectivity index (χ1) is 9.36. The SMILES string of the molecule is C=CCN(CC(=O)O)C(=O)c1cc([N+](=O)[O-])c[nH]c1=O. The number of H-pyrrole nitrogens is 1. The molecule has 0 aliphatic carbocycles. The zero-order chi connectivity index (χ0) is 15.3. The Morgan fingerprint density at radius 2 is 2.20 bits per heavy atom. The van der Waals surface area contributed by atoms with Crippen LogP contribution >= 0.6 is 0 Å². The number of carbonyl (C=O) groups is 2. The molecule has 106 valence electrons. The minimum Gasteiger partial charge on any atom is -0.480 e. The Morgan fingerprint density at radius 1 is 1.55 bits per heavy atom. The number of aromatic amines is 1. The number of aromatic nitrogens is 1. The fourth-order valence-electron chi connectivity index (χ4n) is 1.45. The molecule has 2 N–H and O–H groups in total. The first-order valence-corrected chi connectivity index (χ1v) is 5.36.